The van der Waals surface area contributed by atoms with E-state index in [4.69, 9.17) is 0 Å². The van der Waals surface area contributed by atoms with Crippen LogP contribution in [-0.4, -0.2) is 22.3 Å². The van der Waals surface area contributed by atoms with Crippen LogP contribution in [0.25, 0.3) is 0 Å². The highest BCUT2D eigenvalue weighted by Gasteiger charge is 2.36. The van der Waals surface area contributed by atoms with E-state index in [0.717, 1.165) is 23.7 Å². The van der Waals surface area contributed by atoms with Gasteiger partial charge in [0.1, 0.15) is 0 Å². The average molecular weight is 300 g/mol. The minimum atomic E-state index is 0.0419. The number of amides is 1. The number of carbonyl (C=O) groups excluding carboxylic acids is 1. The molecule has 0 spiro atoms. The van der Waals surface area contributed by atoms with Crippen molar-refractivity contribution >= 4 is 17.2 Å². The van der Waals surface area contributed by atoms with E-state index in [1.807, 2.05) is 17.9 Å². The Balaban J connectivity index is 1.80. The molecule has 1 aromatic carbocycles. The second kappa shape index (κ2) is 5.60. The smallest absolute Gasteiger partial charge is 0.222 e. The molecule has 3 rings (SSSR count). The summed E-state index contributed by atoms with van der Waals surface area (Å²) in [7, 11) is 0. The van der Waals surface area contributed by atoms with Gasteiger partial charge < -0.3 is 4.90 Å². The zero-order valence-corrected chi connectivity index (χ0v) is 13.3. The molecule has 3 nitrogen and oxygen atoms in total. The molecule has 1 aliphatic heterocycles. The fourth-order valence-electron chi connectivity index (χ4n) is 3.03. The number of piperidine rings is 1. The molecular formula is C17H20N2OS. The second-order valence-electron chi connectivity index (χ2n) is 6.03. The summed E-state index contributed by atoms with van der Waals surface area (Å²) < 4.78 is 0. The molecular weight excluding hydrogens is 280 g/mol. The molecule has 1 aromatic heterocycles. The van der Waals surface area contributed by atoms with E-state index in [2.05, 4.69) is 41.6 Å². The van der Waals surface area contributed by atoms with Gasteiger partial charge in [0.2, 0.25) is 5.91 Å². The van der Waals surface area contributed by atoms with Crippen LogP contribution >= 0.6 is 11.3 Å². The summed E-state index contributed by atoms with van der Waals surface area (Å²) in [5.41, 5.74) is 2.36. The second-order valence-corrected chi connectivity index (χ2v) is 7.10. The highest BCUT2D eigenvalue weighted by Crippen LogP contribution is 2.34. The van der Waals surface area contributed by atoms with Crippen LogP contribution in [0.4, 0.5) is 0 Å². The number of likely N-dealkylation sites (tertiary alicyclic amines) is 1. The topological polar surface area (TPSA) is 33.2 Å². The number of benzene rings is 1. The van der Waals surface area contributed by atoms with Crippen LogP contribution in [0.1, 0.15) is 36.0 Å². The normalized spacial score (nSPS) is 22.6. The zero-order chi connectivity index (χ0) is 14.9. The van der Waals surface area contributed by atoms with Crippen LogP contribution in [0.2, 0.25) is 0 Å². The number of nitrogens with zero attached hydrogens (tertiary/aromatic N) is 2. The molecule has 2 aromatic rings. The predicted octanol–water partition coefficient (Wildman–Crippen LogP) is 3.53. The minimum Gasteiger partial charge on any atom is -0.336 e. The lowest BCUT2D eigenvalue weighted by Gasteiger charge is -2.40. The molecule has 1 aliphatic rings. The molecule has 1 fully saturated rings. The Morgan fingerprint density at radius 3 is 2.76 bits per heavy atom. The Morgan fingerprint density at radius 2 is 2.10 bits per heavy atom. The SMILES string of the molecule is Cc1nc(CN2CC(C)(c3ccccc3)CCC2=O)cs1. The van der Waals surface area contributed by atoms with Gasteiger partial charge in [-0.05, 0) is 18.9 Å². The van der Waals surface area contributed by atoms with Crippen LogP contribution in [0, 0.1) is 6.92 Å². The first-order valence-electron chi connectivity index (χ1n) is 7.31. The lowest BCUT2D eigenvalue weighted by atomic mass is 9.75. The maximum Gasteiger partial charge on any atom is 0.222 e. The van der Waals surface area contributed by atoms with Gasteiger partial charge in [-0.15, -0.1) is 11.3 Å². The fraction of sp³-hybridized carbons (Fsp3) is 0.412. The lowest BCUT2D eigenvalue weighted by molar-refractivity contribution is -0.136. The van der Waals surface area contributed by atoms with Crippen LogP contribution in [0.3, 0.4) is 0 Å². The van der Waals surface area contributed by atoms with Crippen LogP contribution in [-0.2, 0) is 16.8 Å². The highest BCUT2D eigenvalue weighted by atomic mass is 32.1. The van der Waals surface area contributed by atoms with Crippen molar-refractivity contribution in [3.05, 3.63) is 52.0 Å². The Labute approximate surface area is 129 Å². The Bertz CT molecular complexity index is 637. The van der Waals surface area contributed by atoms with Crippen molar-refractivity contribution in [2.75, 3.05) is 6.54 Å². The fourth-order valence-corrected chi connectivity index (χ4v) is 3.63. The van der Waals surface area contributed by atoms with Crippen molar-refractivity contribution in [1.29, 1.82) is 0 Å². The standard InChI is InChI=1S/C17H20N2OS/c1-13-18-15(11-21-13)10-19-12-17(2,9-8-16(19)20)14-6-4-3-5-7-14/h3-7,11H,8-10,12H2,1-2H3. The number of aryl methyl sites for hydroxylation is 1. The van der Waals surface area contributed by atoms with Crippen molar-refractivity contribution in [3.8, 4) is 0 Å². The third-order valence-corrected chi connectivity index (χ3v) is 5.10. The number of carbonyl (C=O) groups is 1. The minimum absolute atomic E-state index is 0.0419. The number of hydrogen-bond donors (Lipinski definition) is 0. The summed E-state index contributed by atoms with van der Waals surface area (Å²) in [6, 6.07) is 10.5. The first kappa shape index (κ1) is 14.3. The predicted molar refractivity (Wildman–Crippen MR) is 85.3 cm³/mol. The van der Waals surface area contributed by atoms with Gasteiger partial charge in [-0.25, -0.2) is 4.98 Å². The van der Waals surface area contributed by atoms with Crippen molar-refractivity contribution in [2.45, 2.75) is 38.6 Å². The van der Waals surface area contributed by atoms with Gasteiger partial charge >= 0.3 is 0 Å². The molecule has 1 amide bonds. The van der Waals surface area contributed by atoms with E-state index in [9.17, 15) is 4.79 Å². The Morgan fingerprint density at radius 1 is 1.33 bits per heavy atom. The zero-order valence-electron chi connectivity index (χ0n) is 12.5. The van der Waals surface area contributed by atoms with E-state index < -0.39 is 0 Å². The van der Waals surface area contributed by atoms with E-state index in [1.165, 1.54) is 5.56 Å². The van der Waals surface area contributed by atoms with E-state index in [1.54, 1.807) is 11.3 Å². The maximum atomic E-state index is 12.2. The number of rotatable bonds is 3. The molecule has 4 heteroatoms. The first-order valence-corrected chi connectivity index (χ1v) is 8.19. The summed E-state index contributed by atoms with van der Waals surface area (Å²) in [6.07, 6.45) is 1.54. The van der Waals surface area contributed by atoms with E-state index >= 15 is 0 Å². The van der Waals surface area contributed by atoms with Gasteiger partial charge in [-0.3, -0.25) is 4.79 Å². The van der Waals surface area contributed by atoms with Gasteiger partial charge in [0.25, 0.3) is 0 Å². The number of hydrogen-bond acceptors (Lipinski definition) is 3. The molecule has 0 N–H and O–H groups in total. The first-order chi connectivity index (χ1) is 10.1. The van der Waals surface area contributed by atoms with Crippen LogP contribution in [0.5, 0.6) is 0 Å². The van der Waals surface area contributed by atoms with Crippen molar-refractivity contribution in [3.63, 3.8) is 0 Å². The molecule has 110 valence electrons. The van der Waals surface area contributed by atoms with Crippen molar-refractivity contribution < 1.29 is 4.79 Å². The lowest BCUT2D eigenvalue weighted by Crippen LogP contribution is -2.47. The molecule has 0 radical (unpaired) electrons. The summed E-state index contributed by atoms with van der Waals surface area (Å²) in [4.78, 5) is 18.7. The Hall–Kier alpha value is -1.68. The van der Waals surface area contributed by atoms with E-state index in [0.29, 0.717) is 13.0 Å². The van der Waals surface area contributed by atoms with E-state index in [-0.39, 0.29) is 11.3 Å². The molecule has 1 saturated heterocycles. The number of thiazole rings is 1. The molecule has 0 bridgehead atoms. The maximum absolute atomic E-state index is 12.2. The van der Waals surface area contributed by atoms with Gasteiger partial charge in [0, 0.05) is 23.8 Å². The molecule has 1 atom stereocenters. The quantitative estimate of drug-likeness (QED) is 0.869. The van der Waals surface area contributed by atoms with Crippen LogP contribution in [0.15, 0.2) is 35.7 Å². The average Bonchev–Trinajstić information content (AvgIpc) is 2.89. The van der Waals surface area contributed by atoms with Gasteiger partial charge in [-0.2, -0.15) is 0 Å². The molecule has 2 heterocycles. The summed E-state index contributed by atoms with van der Waals surface area (Å²) >= 11 is 1.64. The van der Waals surface area contributed by atoms with Crippen molar-refractivity contribution in [1.82, 2.24) is 9.88 Å². The third-order valence-electron chi connectivity index (χ3n) is 4.27. The van der Waals surface area contributed by atoms with Gasteiger partial charge in [0.15, 0.2) is 0 Å². The highest BCUT2D eigenvalue weighted by molar-refractivity contribution is 7.09. The molecule has 21 heavy (non-hydrogen) atoms. The summed E-state index contributed by atoms with van der Waals surface area (Å²) in [5, 5.41) is 3.11. The molecule has 0 saturated carbocycles. The Kier molecular flexibility index (Phi) is 3.81. The van der Waals surface area contributed by atoms with Gasteiger partial charge in [-0.1, -0.05) is 37.3 Å². The van der Waals surface area contributed by atoms with Crippen molar-refractivity contribution in [2.24, 2.45) is 0 Å². The summed E-state index contributed by atoms with van der Waals surface area (Å²) in [5.74, 6) is 0.244. The third kappa shape index (κ3) is 3.00. The van der Waals surface area contributed by atoms with Gasteiger partial charge in [0.05, 0.1) is 17.2 Å². The van der Waals surface area contributed by atoms with Crippen LogP contribution < -0.4 is 0 Å². The monoisotopic (exact) mass is 300 g/mol. The largest absolute Gasteiger partial charge is 0.336 e. The molecule has 0 aliphatic carbocycles. The summed E-state index contributed by atoms with van der Waals surface area (Å²) in [6.45, 7) is 5.66. The molecule has 1 unspecified atom stereocenters. The number of aromatic nitrogens is 1.